The van der Waals surface area contributed by atoms with Gasteiger partial charge in [0.15, 0.2) is 11.6 Å². The van der Waals surface area contributed by atoms with Crippen LogP contribution < -0.4 is 0 Å². The van der Waals surface area contributed by atoms with Crippen LogP contribution in [0.1, 0.15) is 138 Å². The quantitative estimate of drug-likeness (QED) is 0.301. The van der Waals surface area contributed by atoms with Crippen LogP contribution in [0.2, 0.25) is 0 Å². The van der Waals surface area contributed by atoms with Crippen molar-refractivity contribution in [2.75, 3.05) is 0 Å². The van der Waals surface area contributed by atoms with Gasteiger partial charge in [0.2, 0.25) is 0 Å². The first-order valence-corrected chi connectivity index (χ1v) is 17.7. The van der Waals surface area contributed by atoms with E-state index in [0.717, 1.165) is 82.6 Å². The van der Waals surface area contributed by atoms with Crippen molar-refractivity contribution in [2.45, 2.75) is 144 Å². The van der Waals surface area contributed by atoms with Gasteiger partial charge in [0, 0.05) is 23.2 Å². The van der Waals surface area contributed by atoms with Crippen LogP contribution in [0.25, 0.3) is 0 Å². The van der Waals surface area contributed by atoms with Crippen LogP contribution in [0.15, 0.2) is 23.3 Å². The maximum atomic E-state index is 14.7. The first kappa shape index (κ1) is 31.7. The smallest absolute Gasteiger partial charge is 0.306 e. The third kappa shape index (κ3) is 4.54. The summed E-state index contributed by atoms with van der Waals surface area (Å²) in [5.74, 6) is 0.324. The standard InChI is InChI=1S/C39H55NO4/c1-34(2)17-19-39(16-14-31(42)44-26-11-9-8-10-12-26)20-18-38(7)32(27(39)23-34)28(41)21-30-36(5)22-25(24-40)33(43)35(3,4)29(36)13-15-37(30,38)6/h21-22,26-27,29,32H,8-20,23H2,1-7H3/t27?,29-,32+,36-,37+,38+,39+/m0/s1. The third-order valence-corrected chi connectivity index (χ3v) is 14.7. The summed E-state index contributed by atoms with van der Waals surface area (Å²) >= 11 is 0. The number of Topliss-reactive ketones (excluding diaryl/α,β-unsaturated/α-hetero) is 1. The normalized spacial score (nSPS) is 42.8. The van der Waals surface area contributed by atoms with Crippen LogP contribution >= 0.6 is 0 Å². The van der Waals surface area contributed by atoms with Gasteiger partial charge in [-0.15, -0.1) is 0 Å². The lowest BCUT2D eigenvalue weighted by molar-refractivity contribution is -0.174. The predicted molar refractivity (Wildman–Crippen MR) is 171 cm³/mol. The lowest BCUT2D eigenvalue weighted by Gasteiger charge is -2.69. The number of hydrogen-bond donors (Lipinski definition) is 0. The number of allylic oxidation sites excluding steroid dienone is 4. The van der Waals surface area contributed by atoms with E-state index >= 15 is 0 Å². The molecule has 0 bridgehead atoms. The Balaban J connectivity index is 1.36. The van der Waals surface area contributed by atoms with Crippen LogP contribution in [0, 0.1) is 61.6 Å². The van der Waals surface area contributed by atoms with Crippen molar-refractivity contribution in [3.63, 3.8) is 0 Å². The largest absolute Gasteiger partial charge is 0.462 e. The van der Waals surface area contributed by atoms with E-state index in [1.54, 1.807) is 0 Å². The monoisotopic (exact) mass is 601 g/mol. The zero-order valence-electron chi connectivity index (χ0n) is 28.4. The molecule has 0 saturated heterocycles. The molecule has 0 heterocycles. The van der Waals surface area contributed by atoms with Gasteiger partial charge >= 0.3 is 5.97 Å². The molecule has 0 spiro atoms. The molecular formula is C39H55NO4. The van der Waals surface area contributed by atoms with Crippen molar-refractivity contribution < 1.29 is 19.1 Å². The Morgan fingerprint density at radius 3 is 2.30 bits per heavy atom. The number of esters is 1. The molecule has 6 aliphatic rings. The van der Waals surface area contributed by atoms with E-state index < -0.39 is 10.8 Å². The molecule has 7 atom stereocenters. The fourth-order valence-corrected chi connectivity index (χ4v) is 12.0. The lowest BCUT2D eigenvalue weighted by atomic mass is 9.34. The molecule has 0 aliphatic heterocycles. The summed E-state index contributed by atoms with van der Waals surface area (Å²) in [5, 5.41) is 9.98. The molecule has 0 N–H and O–H groups in total. The van der Waals surface area contributed by atoms with Gasteiger partial charge < -0.3 is 4.74 Å². The topological polar surface area (TPSA) is 84.2 Å². The minimum Gasteiger partial charge on any atom is -0.462 e. The van der Waals surface area contributed by atoms with Crippen LogP contribution in [0.5, 0.6) is 0 Å². The van der Waals surface area contributed by atoms with Crippen molar-refractivity contribution in [2.24, 2.45) is 50.2 Å². The van der Waals surface area contributed by atoms with Gasteiger partial charge in [-0.05, 0) is 117 Å². The lowest BCUT2D eigenvalue weighted by Crippen LogP contribution is -2.64. The van der Waals surface area contributed by atoms with E-state index in [1.165, 1.54) is 6.42 Å². The van der Waals surface area contributed by atoms with Crippen molar-refractivity contribution in [3.8, 4) is 6.07 Å². The average molecular weight is 602 g/mol. The average Bonchev–Trinajstić information content (AvgIpc) is 2.96. The number of hydrogen-bond acceptors (Lipinski definition) is 5. The molecule has 6 aliphatic carbocycles. The fourth-order valence-electron chi connectivity index (χ4n) is 12.0. The summed E-state index contributed by atoms with van der Waals surface area (Å²) in [6.07, 6.45) is 17.9. The Bertz CT molecular complexity index is 1360. The van der Waals surface area contributed by atoms with Crippen molar-refractivity contribution in [3.05, 3.63) is 23.3 Å². The molecule has 4 saturated carbocycles. The zero-order chi connectivity index (χ0) is 31.9. The van der Waals surface area contributed by atoms with Crippen molar-refractivity contribution in [1.82, 2.24) is 0 Å². The highest BCUT2D eigenvalue weighted by molar-refractivity contribution is 6.04. The first-order valence-electron chi connectivity index (χ1n) is 17.7. The molecule has 4 fully saturated rings. The number of ketones is 2. The summed E-state index contributed by atoms with van der Waals surface area (Å²) in [5.41, 5.74) is -0.0658. The van der Waals surface area contributed by atoms with E-state index in [4.69, 9.17) is 4.74 Å². The van der Waals surface area contributed by atoms with Crippen LogP contribution in [0.4, 0.5) is 0 Å². The molecular weight excluding hydrogens is 546 g/mol. The highest BCUT2D eigenvalue weighted by Gasteiger charge is 2.69. The molecule has 5 nitrogen and oxygen atoms in total. The maximum absolute atomic E-state index is 14.7. The Labute approximate surface area is 265 Å². The summed E-state index contributed by atoms with van der Waals surface area (Å²) in [6.45, 7) is 15.7. The highest BCUT2D eigenvalue weighted by Crippen LogP contribution is 2.75. The van der Waals surface area contributed by atoms with Gasteiger partial charge in [-0.25, -0.2) is 0 Å². The number of ether oxygens (including phenoxy) is 1. The number of carbonyl (C=O) groups is 3. The zero-order valence-corrected chi connectivity index (χ0v) is 28.4. The Morgan fingerprint density at radius 1 is 0.932 bits per heavy atom. The van der Waals surface area contributed by atoms with Gasteiger partial charge in [-0.2, -0.15) is 5.26 Å². The second-order valence-corrected chi connectivity index (χ2v) is 17.9. The molecule has 0 aromatic carbocycles. The summed E-state index contributed by atoms with van der Waals surface area (Å²) in [6, 6.07) is 2.21. The predicted octanol–water partition coefficient (Wildman–Crippen LogP) is 8.86. The molecule has 6 rings (SSSR count). The fraction of sp³-hybridized carbons (Fsp3) is 0.795. The van der Waals surface area contributed by atoms with Gasteiger partial charge in [-0.3, -0.25) is 14.4 Å². The maximum Gasteiger partial charge on any atom is 0.306 e. The number of rotatable bonds is 4. The molecule has 1 unspecified atom stereocenters. The summed E-state index contributed by atoms with van der Waals surface area (Å²) in [4.78, 5) is 41.2. The van der Waals surface area contributed by atoms with Gasteiger partial charge in [-0.1, -0.05) is 66.5 Å². The number of nitrogens with zero attached hydrogens (tertiary/aromatic N) is 1. The van der Waals surface area contributed by atoms with Gasteiger partial charge in [0.25, 0.3) is 0 Å². The van der Waals surface area contributed by atoms with E-state index in [1.807, 2.05) is 26.0 Å². The number of carbonyl (C=O) groups excluding carboxylic acids is 3. The first-order chi connectivity index (χ1) is 20.5. The van der Waals surface area contributed by atoms with Crippen LogP contribution in [-0.4, -0.2) is 23.6 Å². The molecule has 0 aromatic heterocycles. The Kier molecular flexibility index (Phi) is 7.50. The second kappa shape index (κ2) is 10.4. The Hall–Kier alpha value is -2.22. The SMILES string of the molecule is CC1(C)CC[C@]2(CCC(=O)OC3CCCCC3)CC[C@]3(C)[C@@H](C(=O)C=C4[C@@]5(C)C=C(C#N)C(=O)C(C)(C)[C@@H]5CC[C@]43C)C2C1. The molecule has 0 amide bonds. The van der Waals surface area contributed by atoms with Crippen molar-refractivity contribution >= 4 is 17.5 Å². The van der Waals surface area contributed by atoms with Gasteiger partial charge in [0.05, 0.1) is 5.57 Å². The molecule has 44 heavy (non-hydrogen) atoms. The summed E-state index contributed by atoms with van der Waals surface area (Å²) in [7, 11) is 0. The number of nitriles is 1. The van der Waals surface area contributed by atoms with E-state index in [9.17, 15) is 19.6 Å². The third-order valence-electron chi connectivity index (χ3n) is 14.7. The van der Waals surface area contributed by atoms with Crippen molar-refractivity contribution in [1.29, 1.82) is 5.26 Å². The minimum atomic E-state index is -0.654. The second-order valence-electron chi connectivity index (χ2n) is 17.9. The highest BCUT2D eigenvalue weighted by atomic mass is 16.5. The minimum absolute atomic E-state index is 0.0170. The van der Waals surface area contributed by atoms with Gasteiger partial charge in [0.1, 0.15) is 12.2 Å². The number of fused-ring (bicyclic) bond motifs is 7. The molecule has 240 valence electrons. The van der Waals surface area contributed by atoms with E-state index in [-0.39, 0.29) is 68.6 Å². The Morgan fingerprint density at radius 2 is 1.61 bits per heavy atom. The summed E-state index contributed by atoms with van der Waals surface area (Å²) < 4.78 is 5.97. The molecule has 0 radical (unpaired) electrons. The van der Waals surface area contributed by atoms with Crippen LogP contribution in [-0.2, 0) is 19.1 Å². The van der Waals surface area contributed by atoms with E-state index in [2.05, 4.69) is 40.7 Å². The van der Waals surface area contributed by atoms with Crippen LogP contribution in [0.3, 0.4) is 0 Å². The molecule has 5 heteroatoms. The van der Waals surface area contributed by atoms with E-state index in [0.29, 0.717) is 6.42 Å². The molecule has 0 aromatic rings.